The molecule has 3 aromatic rings. The van der Waals surface area contributed by atoms with Crippen LogP contribution in [0.3, 0.4) is 0 Å². The molecule has 3 N–H and O–H groups in total. The Morgan fingerprint density at radius 2 is 2.03 bits per heavy atom. The number of hydrogen-bond donors (Lipinski definition) is 3. The minimum atomic E-state index is -3.55. The van der Waals surface area contributed by atoms with Crippen LogP contribution in [0.5, 0.6) is 0 Å². The second-order valence-corrected chi connectivity index (χ2v) is 9.42. The average Bonchev–Trinajstić information content (AvgIpc) is 3.39. The highest BCUT2D eigenvalue weighted by Gasteiger charge is 2.39. The molecule has 3 unspecified atom stereocenters. The fourth-order valence-electron chi connectivity index (χ4n) is 4.65. The van der Waals surface area contributed by atoms with Crippen molar-refractivity contribution in [3.05, 3.63) is 84.6 Å². The van der Waals surface area contributed by atoms with Gasteiger partial charge in [-0.05, 0) is 47.7 Å². The Kier molecular flexibility index (Phi) is 4.33. The van der Waals surface area contributed by atoms with Gasteiger partial charge < -0.3 is 10.3 Å². The number of hydrogen-bond acceptors (Lipinski definition) is 3. The fourth-order valence-corrected chi connectivity index (χ4v) is 5.68. The van der Waals surface area contributed by atoms with Crippen LogP contribution < -0.4 is 10.0 Å². The van der Waals surface area contributed by atoms with Crippen molar-refractivity contribution in [3.63, 3.8) is 0 Å². The first-order valence-electron chi connectivity index (χ1n) is 9.82. The number of allylic oxidation sites excluding steroid dienone is 2. The van der Waals surface area contributed by atoms with Gasteiger partial charge in [0, 0.05) is 35.2 Å². The zero-order chi connectivity index (χ0) is 20.0. The van der Waals surface area contributed by atoms with Crippen molar-refractivity contribution in [2.75, 3.05) is 11.9 Å². The largest absolute Gasteiger partial charge is 0.378 e. The number of aromatic nitrogens is 1. The molecule has 148 valence electrons. The van der Waals surface area contributed by atoms with E-state index in [-0.39, 0.29) is 18.5 Å². The summed E-state index contributed by atoms with van der Waals surface area (Å²) in [4.78, 5) is 3.68. The number of fused-ring (bicyclic) bond motifs is 4. The van der Waals surface area contributed by atoms with Crippen LogP contribution in [0.15, 0.2) is 78.4 Å². The topological polar surface area (TPSA) is 74.0 Å². The van der Waals surface area contributed by atoms with Crippen LogP contribution in [0, 0.1) is 5.92 Å². The highest BCUT2D eigenvalue weighted by atomic mass is 32.2. The average molecular weight is 406 g/mol. The van der Waals surface area contributed by atoms with E-state index in [0.29, 0.717) is 10.8 Å². The highest BCUT2D eigenvalue weighted by molar-refractivity contribution is 7.89. The number of rotatable bonds is 5. The quantitative estimate of drug-likeness (QED) is 0.549. The summed E-state index contributed by atoms with van der Waals surface area (Å²) in [7, 11) is -3.55. The summed E-state index contributed by atoms with van der Waals surface area (Å²) >= 11 is 0. The Labute approximate surface area is 170 Å². The van der Waals surface area contributed by atoms with Crippen LogP contribution in [-0.2, 0) is 10.0 Å². The SMILES string of the molecule is C=CCNS(=O)(=O)c1ccc2c(c1)C1C=CCC1C(c1c[nH]c3ccccc13)N2. The Morgan fingerprint density at radius 3 is 2.90 bits per heavy atom. The van der Waals surface area contributed by atoms with Crippen LogP contribution >= 0.6 is 0 Å². The van der Waals surface area contributed by atoms with Crippen molar-refractivity contribution in [3.8, 4) is 0 Å². The van der Waals surface area contributed by atoms with Gasteiger partial charge in [-0.2, -0.15) is 0 Å². The summed E-state index contributed by atoms with van der Waals surface area (Å²) < 4.78 is 27.7. The molecular weight excluding hydrogens is 382 g/mol. The molecule has 2 aliphatic rings. The van der Waals surface area contributed by atoms with Gasteiger partial charge >= 0.3 is 0 Å². The van der Waals surface area contributed by atoms with Crippen molar-refractivity contribution in [2.45, 2.75) is 23.3 Å². The molecule has 0 saturated carbocycles. The molecule has 1 aliphatic heterocycles. The number of nitrogens with one attached hydrogen (secondary N) is 3. The summed E-state index contributed by atoms with van der Waals surface area (Å²) in [5, 5.41) is 4.92. The third-order valence-corrected chi connectivity index (χ3v) is 7.44. The van der Waals surface area contributed by atoms with E-state index in [0.717, 1.165) is 23.2 Å². The van der Waals surface area contributed by atoms with Gasteiger partial charge in [-0.1, -0.05) is 36.4 Å². The fraction of sp³-hybridized carbons (Fsp3) is 0.217. The Bertz CT molecular complexity index is 1230. The summed E-state index contributed by atoms with van der Waals surface area (Å²) in [5.41, 5.74) is 4.43. The molecule has 0 fully saturated rings. The maximum absolute atomic E-state index is 12.6. The van der Waals surface area contributed by atoms with Crippen LogP contribution in [-0.4, -0.2) is 19.9 Å². The van der Waals surface area contributed by atoms with E-state index < -0.39 is 10.0 Å². The molecule has 3 atom stereocenters. The standard InChI is InChI=1S/C23H23N3O2S/c1-2-12-25-29(27,28)15-10-11-22-19(13-15)16-7-5-8-18(16)23(26-22)20-14-24-21-9-4-3-6-17(20)21/h2-7,9-11,13-14,16,18,23-26H,1,8,12H2. The Balaban J connectivity index is 1.56. The Morgan fingerprint density at radius 1 is 1.17 bits per heavy atom. The van der Waals surface area contributed by atoms with Gasteiger partial charge in [-0.15, -0.1) is 6.58 Å². The van der Waals surface area contributed by atoms with E-state index in [2.05, 4.69) is 58.1 Å². The van der Waals surface area contributed by atoms with Gasteiger partial charge in [0.25, 0.3) is 0 Å². The van der Waals surface area contributed by atoms with Gasteiger partial charge in [0.2, 0.25) is 10.0 Å². The molecule has 0 bridgehead atoms. The number of aromatic amines is 1. The van der Waals surface area contributed by atoms with E-state index in [1.165, 1.54) is 10.9 Å². The lowest BCUT2D eigenvalue weighted by atomic mass is 9.77. The van der Waals surface area contributed by atoms with Crippen molar-refractivity contribution in [1.29, 1.82) is 0 Å². The Hall–Kier alpha value is -2.83. The predicted octanol–water partition coefficient (Wildman–Crippen LogP) is 4.46. The molecule has 0 radical (unpaired) electrons. The van der Waals surface area contributed by atoms with Crippen LogP contribution in [0.2, 0.25) is 0 Å². The van der Waals surface area contributed by atoms with Crippen LogP contribution in [0.4, 0.5) is 5.69 Å². The molecule has 1 aliphatic carbocycles. The first-order valence-corrected chi connectivity index (χ1v) is 11.3. The van der Waals surface area contributed by atoms with Crippen LogP contribution in [0.25, 0.3) is 10.9 Å². The summed E-state index contributed by atoms with van der Waals surface area (Å²) in [6, 6.07) is 13.9. The molecule has 6 heteroatoms. The maximum Gasteiger partial charge on any atom is 0.240 e. The second-order valence-electron chi connectivity index (χ2n) is 7.65. The lowest BCUT2D eigenvalue weighted by molar-refractivity contribution is 0.427. The number of benzene rings is 2. The first-order chi connectivity index (χ1) is 14.1. The summed E-state index contributed by atoms with van der Waals surface area (Å²) in [6.45, 7) is 3.79. The molecular formula is C23H23N3O2S. The number of para-hydroxylation sites is 1. The molecule has 29 heavy (non-hydrogen) atoms. The molecule has 5 nitrogen and oxygen atoms in total. The van der Waals surface area contributed by atoms with Gasteiger partial charge in [0.15, 0.2) is 0 Å². The van der Waals surface area contributed by atoms with Crippen molar-refractivity contribution >= 4 is 26.6 Å². The third-order valence-electron chi connectivity index (χ3n) is 6.02. The van der Waals surface area contributed by atoms with E-state index in [4.69, 9.17) is 0 Å². The minimum Gasteiger partial charge on any atom is -0.378 e. The van der Waals surface area contributed by atoms with Crippen molar-refractivity contribution in [2.24, 2.45) is 5.92 Å². The first kappa shape index (κ1) is 18.2. The van der Waals surface area contributed by atoms with Crippen molar-refractivity contribution in [1.82, 2.24) is 9.71 Å². The van der Waals surface area contributed by atoms with Gasteiger partial charge in [0.05, 0.1) is 10.9 Å². The number of sulfonamides is 1. The van der Waals surface area contributed by atoms with E-state index >= 15 is 0 Å². The lowest BCUT2D eigenvalue weighted by Crippen LogP contribution is -2.29. The van der Waals surface area contributed by atoms with E-state index in [9.17, 15) is 8.42 Å². The monoisotopic (exact) mass is 405 g/mol. The highest BCUT2D eigenvalue weighted by Crippen LogP contribution is 2.51. The smallest absolute Gasteiger partial charge is 0.240 e. The predicted molar refractivity (Wildman–Crippen MR) is 116 cm³/mol. The molecule has 0 amide bonds. The normalized spacial score (nSPS) is 22.8. The molecule has 1 aromatic heterocycles. The molecule has 0 spiro atoms. The van der Waals surface area contributed by atoms with E-state index in [1.807, 2.05) is 18.2 Å². The number of anilines is 1. The van der Waals surface area contributed by atoms with E-state index in [1.54, 1.807) is 12.1 Å². The summed E-state index contributed by atoms with van der Waals surface area (Å²) in [6.07, 6.45) is 9.04. The molecule has 5 rings (SSSR count). The van der Waals surface area contributed by atoms with Gasteiger partial charge in [-0.25, -0.2) is 13.1 Å². The second kappa shape index (κ2) is 6.90. The van der Waals surface area contributed by atoms with Crippen LogP contribution in [0.1, 0.15) is 29.5 Å². The molecule has 0 saturated heterocycles. The zero-order valence-electron chi connectivity index (χ0n) is 15.9. The van der Waals surface area contributed by atoms with Gasteiger partial charge in [-0.3, -0.25) is 0 Å². The van der Waals surface area contributed by atoms with Gasteiger partial charge in [0.1, 0.15) is 0 Å². The maximum atomic E-state index is 12.6. The lowest BCUT2D eigenvalue weighted by Gasteiger charge is -2.37. The number of H-pyrrole nitrogens is 1. The van der Waals surface area contributed by atoms with Crippen molar-refractivity contribution < 1.29 is 8.42 Å². The minimum absolute atomic E-state index is 0.167. The zero-order valence-corrected chi connectivity index (χ0v) is 16.7. The molecule has 2 aromatic carbocycles. The third kappa shape index (κ3) is 2.99. The molecule has 2 heterocycles. The summed E-state index contributed by atoms with van der Waals surface area (Å²) in [5.74, 6) is 0.542.